The molecule has 1 aromatic heterocycles. The number of hydrogen-bond acceptors (Lipinski definition) is 4. The number of aromatic nitrogens is 4. The predicted octanol–water partition coefficient (Wildman–Crippen LogP) is 1.13. The lowest BCUT2D eigenvalue weighted by atomic mass is 9.85. The first-order chi connectivity index (χ1) is 8.31. The number of H-pyrrole nitrogens is 1. The maximum atomic E-state index is 6.55. The van der Waals surface area contributed by atoms with E-state index in [1.807, 2.05) is 6.07 Å². The molecule has 1 aromatic carbocycles. The number of hydrogen-bond donors (Lipinski definition) is 2. The Kier molecular flexibility index (Phi) is 2.40. The molecule has 1 aliphatic rings. The largest absolute Gasteiger partial charge is 0.315 e. The second kappa shape index (κ2) is 3.92. The molecule has 88 valence electrons. The van der Waals surface area contributed by atoms with Crippen molar-refractivity contribution < 1.29 is 0 Å². The Balaban J connectivity index is 2.17. The zero-order chi connectivity index (χ0) is 11.7. The molecule has 5 heteroatoms. The number of nitrogens with one attached hydrogen (secondary N) is 1. The lowest BCUT2D eigenvalue weighted by Gasteiger charge is -2.26. The van der Waals surface area contributed by atoms with Crippen molar-refractivity contribution >= 4 is 0 Å². The van der Waals surface area contributed by atoms with Crippen LogP contribution in [-0.2, 0) is 12.0 Å². The van der Waals surface area contributed by atoms with Crippen LogP contribution >= 0.6 is 0 Å². The summed E-state index contributed by atoms with van der Waals surface area (Å²) < 4.78 is 0. The smallest absolute Gasteiger partial charge is 0.198 e. The van der Waals surface area contributed by atoms with Crippen molar-refractivity contribution in [3.63, 3.8) is 0 Å². The van der Waals surface area contributed by atoms with Crippen molar-refractivity contribution in [2.75, 3.05) is 0 Å². The summed E-state index contributed by atoms with van der Waals surface area (Å²) in [5.74, 6) is 0.590. The average Bonchev–Trinajstić information content (AvgIpc) is 2.84. The molecular weight excluding hydrogens is 214 g/mol. The topological polar surface area (TPSA) is 80.5 Å². The first-order valence-electron chi connectivity index (χ1n) is 5.92. The maximum Gasteiger partial charge on any atom is 0.198 e. The van der Waals surface area contributed by atoms with E-state index < -0.39 is 5.54 Å². The minimum atomic E-state index is -0.597. The Morgan fingerprint density at radius 3 is 2.94 bits per heavy atom. The maximum absolute atomic E-state index is 6.55. The third-order valence-electron chi connectivity index (χ3n) is 3.51. The first-order valence-corrected chi connectivity index (χ1v) is 5.92. The number of aryl methyl sites for hydroxylation is 1. The molecule has 0 amide bonds. The zero-order valence-electron chi connectivity index (χ0n) is 9.56. The molecule has 0 spiro atoms. The van der Waals surface area contributed by atoms with Crippen LogP contribution in [-0.4, -0.2) is 20.6 Å². The molecule has 0 fully saturated rings. The van der Waals surface area contributed by atoms with Gasteiger partial charge in [0.2, 0.25) is 0 Å². The summed E-state index contributed by atoms with van der Waals surface area (Å²) in [6.07, 6.45) is 4.18. The third kappa shape index (κ3) is 1.63. The monoisotopic (exact) mass is 229 g/mol. The second-order valence-electron chi connectivity index (χ2n) is 4.57. The minimum absolute atomic E-state index is 0.590. The molecule has 1 unspecified atom stereocenters. The Labute approximate surface area is 99.4 Å². The Morgan fingerprint density at radius 2 is 2.12 bits per heavy atom. The molecule has 5 nitrogen and oxygen atoms in total. The van der Waals surface area contributed by atoms with E-state index in [0.29, 0.717) is 5.82 Å². The number of fused-ring (bicyclic) bond motifs is 1. The van der Waals surface area contributed by atoms with E-state index in [2.05, 4.69) is 38.8 Å². The molecule has 17 heavy (non-hydrogen) atoms. The number of nitrogens with zero attached hydrogens (tertiary/aromatic N) is 3. The van der Waals surface area contributed by atoms with Crippen molar-refractivity contribution in [2.24, 2.45) is 5.73 Å². The third-order valence-corrected chi connectivity index (χ3v) is 3.51. The standard InChI is InChI=1S/C12H15N5/c13-12(11-14-16-17-15-11)8-4-3-6-9-5-1-2-7-10(9)12/h1-2,5,7H,3-4,6,8,13H2,(H,14,15,16,17). The van der Waals surface area contributed by atoms with E-state index in [1.165, 1.54) is 5.56 Å². The number of aromatic amines is 1. The molecule has 0 bridgehead atoms. The van der Waals surface area contributed by atoms with Crippen molar-refractivity contribution in [1.82, 2.24) is 20.6 Å². The molecule has 3 N–H and O–H groups in total. The Bertz CT molecular complexity index is 507. The molecule has 1 aliphatic carbocycles. The summed E-state index contributed by atoms with van der Waals surface area (Å²) in [5, 5.41) is 14.3. The summed E-state index contributed by atoms with van der Waals surface area (Å²) in [5.41, 5.74) is 8.40. The van der Waals surface area contributed by atoms with Gasteiger partial charge in [0.15, 0.2) is 5.82 Å². The van der Waals surface area contributed by atoms with Gasteiger partial charge in [0.25, 0.3) is 0 Å². The molecule has 0 saturated heterocycles. The van der Waals surface area contributed by atoms with E-state index in [1.54, 1.807) is 0 Å². The Hall–Kier alpha value is -1.75. The van der Waals surface area contributed by atoms with E-state index >= 15 is 0 Å². The first kappa shape index (κ1) is 10.4. The number of benzene rings is 1. The Morgan fingerprint density at radius 1 is 1.24 bits per heavy atom. The van der Waals surface area contributed by atoms with Crippen LogP contribution in [0.3, 0.4) is 0 Å². The van der Waals surface area contributed by atoms with Crippen molar-refractivity contribution in [2.45, 2.75) is 31.2 Å². The van der Waals surface area contributed by atoms with Gasteiger partial charge in [0.1, 0.15) is 5.54 Å². The van der Waals surface area contributed by atoms with Crippen LogP contribution in [0.2, 0.25) is 0 Å². The van der Waals surface area contributed by atoms with Gasteiger partial charge < -0.3 is 5.73 Å². The van der Waals surface area contributed by atoms with Crippen molar-refractivity contribution in [3.8, 4) is 0 Å². The fraction of sp³-hybridized carbons (Fsp3) is 0.417. The number of rotatable bonds is 1. The highest BCUT2D eigenvalue weighted by Crippen LogP contribution is 2.35. The average molecular weight is 229 g/mol. The van der Waals surface area contributed by atoms with Gasteiger partial charge in [-0.2, -0.15) is 5.21 Å². The summed E-state index contributed by atoms with van der Waals surface area (Å²) in [6.45, 7) is 0. The predicted molar refractivity (Wildman–Crippen MR) is 63.1 cm³/mol. The fourth-order valence-electron chi connectivity index (χ4n) is 2.61. The van der Waals surface area contributed by atoms with Gasteiger partial charge in [-0.15, -0.1) is 10.2 Å². The van der Waals surface area contributed by atoms with Crippen LogP contribution in [0, 0.1) is 0 Å². The van der Waals surface area contributed by atoms with Crippen LogP contribution in [0.25, 0.3) is 0 Å². The highest BCUT2D eigenvalue weighted by atomic mass is 15.5. The lowest BCUT2D eigenvalue weighted by Crippen LogP contribution is -2.39. The van der Waals surface area contributed by atoms with E-state index in [4.69, 9.17) is 5.73 Å². The van der Waals surface area contributed by atoms with E-state index in [9.17, 15) is 0 Å². The highest BCUT2D eigenvalue weighted by Gasteiger charge is 2.36. The van der Waals surface area contributed by atoms with E-state index in [-0.39, 0.29) is 0 Å². The SMILES string of the molecule is NC1(c2nn[nH]n2)CCCCc2ccccc21. The van der Waals surface area contributed by atoms with E-state index in [0.717, 1.165) is 31.2 Å². The molecule has 3 rings (SSSR count). The van der Waals surface area contributed by atoms with Gasteiger partial charge in [0.05, 0.1) is 0 Å². The quantitative estimate of drug-likeness (QED) is 0.718. The number of nitrogens with two attached hydrogens (primary N) is 1. The fourth-order valence-corrected chi connectivity index (χ4v) is 2.61. The molecule has 0 saturated carbocycles. The molecule has 0 aliphatic heterocycles. The summed E-state index contributed by atoms with van der Waals surface area (Å²) >= 11 is 0. The van der Waals surface area contributed by atoms with Gasteiger partial charge in [-0.05, 0) is 30.4 Å². The van der Waals surface area contributed by atoms with Crippen LogP contribution in [0.5, 0.6) is 0 Å². The molecular formula is C12H15N5. The highest BCUT2D eigenvalue weighted by molar-refractivity contribution is 5.38. The molecule has 0 radical (unpaired) electrons. The normalized spacial score (nSPS) is 24.1. The van der Waals surface area contributed by atoms with Gasteiger partial charge in [-0.1, -0.05) is 35.9 Å². The molecule has 2 aromatic rings. The van der Waals surface area contributed by atoms with Crippen LogP contribution < -0.4 is 5.73 Å². The summed E-state index contributed by atoms with van der Waals surface area (Å²) in [7, 11) is 0. The molecule has 1 atom stereocenters. The summed E-state index contributed by atoms with van der Waals surface area (Å²) in [6, 6.07) is 8.30. The van der Waals surface area contributed by atoms with Crippen LogP contribution in [0.1, 0.15) is 36.2 Å². The molecule has 1 heterocycles. The van der Waals surface area contributed by atoms with Crippen LogP contribution in [0.15, 0.2) is 24.3 Å². The van der Waals surface area contributed by atoms with Crippen molar-refractivity contribution in [1.29, 1.82) is 0 Å². The van der Waals surface area contributed by atoms with Gasteiger partial charge in [-0.25, -0.2) is 0 Å². The number of tetrazole rings is 1. The van der Waals surface area contributed by atoms with Gasteiger partial charge in [-0.3, -0.25) is 0 Å². The summed E-state index contributed by atoms with van der Waals surface area (Å²) in [4.78, 5) is 0. The lowest BCUT2D eigenvalue weighted by molar-refractivity contribution is 0.453. The van der Waals surface area contributed by atoms with Crippen LogP contribution in [0.4, 0.5) is 0 Å². The minimum Gasteiger partial charge on any atom is -0.315 e. The zero-order valence-corrected chi connectivity index (χ0v) is 9.56. The van der Waals surface area contributed by atoms with Gasteiger partial charge in [0, 0.05) is 0 Å². The van der Waals surface area contributed by atoms with Gasteiger partial charge >= 0.3 is 0 Å². The second-order valence-corrected chi connectivity index (χ2v) is 4.57. The van der Waals surface area contributed by atoms with Crippen molar-refractivity contribution in [3.05, 3.63) is 41.2 Å².